The van der Waals surface area contributed by atoms with Crippen LogP contribution in [0.4, 0.5) is 5.82 Å². The third kappa shape index (κ3) is 2.93. The topological polar surface area (TPSA) is 62.4 Å². The van der Waals surface area contributed by atoms with E-state index in [9.17, 15) is 0 Å². The molecule has 0 fully saturated rings. The molecule has 0 atom stereocenters. The van der Waals surface area contributed by atoms with E-state index in [2.05, 4.69) is 16.8 Å². The second kappa shape index (κ2) is 6.45. The number of nitrogens with zero attached hydrogens (tertiary/aromatic N) is 2. The van der Waals surface area contributed by atoms with Crippen molar-refractivity contribution in [3.8, 4) is 0 Å². The standard InChI is InChI=1S/C12H21N3O/c1-3-15(7-4-8-16)12-11(9-13)10(2)5-6-14-12/h5-6,16H,3-4,7-9,13H2,1-2H3. The van der Waals surface area contributed by atoms with E-state index >= 15 is 0 Å². The van der Waals surface area contributed by atoms with Crippen molar-refractivity contribution in [1.29, 1.82) is 0 Å². The lowest BCUT2D eigenvalue weighted by molar-refractivity contribution is 0.289. The zero-order valence-electron chi connectivity index (χ0n) is 10.1. The van der Waals surface area contributed by atoms with Crippen molar-refractivity contribution in [3.63, 3.8) is 0 Å². The Bertz CT molecular complexity index is 328. The average molecular weight is 223 g/mol. The summed E-state index contributed by atoms with van der Waals surface area (Å²) in [6.45, 7) is 6.54. The van der Waals surface area contributed by atoms with E-state index in [0.29, 0.717) is 6.54 Å². The van der Waals surface area contributed by atoms with Crippen LogP contribution in [0.15, 0.2) is 12.3 Å². The summed E-state index contributed by atoms with van der Waals surface area (Å²) >= 11 is 0. The summed E-state index contributed by atoms with van der Waals surface area (Å²) in [7, 11) is 0. The molecule has 3 N–H and O–H groups in total. The number of anilines is 1. The monoisotopic (exact) mass is 223 g/mol. The summed E-state index contributed by atoms with van der Waals surface area (Å²) in [6.07, 6.45) is 2.57. The van der Waals surface area contributed by atoms with Crippen molar-refractivity contribution in [3.05, 3.63) is 23.4 Å². The van der Waals surface area contributed by atoms with E-state index in [1.165, 1.54) is 5.56 Å². The second-order valence-electron chi connectivity index (χ2n) is 3.79. The van der Waals surface area contributed by atoms with Gasteiger partial charge in [-0.3, -0.25) is 0 Å². The van der Waals surface area contributed by atoms with Gasteiger partial charge < -0.3 is 15.7 Å². The Morgan fingerprint density at radius 1 is 1.50 bits per heavy atom. The molecule has 16 heavy (non-hydrogen) atoms. The van der Waals surface area contributed by atoms with E-state index < -0.39 is 0 Å². The Morgan fingerprint density at radius 3 is 2.81 bits per heavy atom. The quantitative estimate of drug-likeness (QED) is 0.757. The minimum Gasteiger partial charge on any atom is -0.396 e. The molecule has 0 amide bonds. The van der Waals surface area contributed by atoms with Crippen LogP contribution in [-0.2, 0) is 6.54 Å². The molecule has 0 spiro atoms. The van der Waals surface area contributed by atoms with Gasteiger partial charge >= 0.3 is 0 Å². The molecule has 0 aliphatic carbocycles. The molecule has 4 heteroatoms. The van der Waals surface area contributed by atoms with Gasteiger partial charge in [0.05, 0.1) is 0 Å². The minimum absolute atomic E-state index is 0.209. The normalized spacial score (nSPS) is 10.5. The third-order valence-electron chi connectivity index (χ3n) is 2.74. The maximum Gasteiger partial charge on any atom is 0.133 e. The molecule has 0 aliphatic heterocycles. The second-order valence-corrected chi connectivity index (χ2v) is 3.79. The number of rotatable bonds is 6. The predicted molar refractivity (Wildman–Crippen MR) is 66.5 cm³/mol. The van der Waals surface area contributed by atoms with Crippen molar-refractivity contribution in [2.45, 2.75) is 26.8 Å². The van der Waals surface area contributed by atoms with E-state index in [1.807, 2.05) is 19.2 Å². The summed E-state index contributed by atoms with van der Waals surface area (Å²) in [5.74, 6) is 0.957. The van der Waals surface area contributed by atoms with Gasteiger partial charge in [-0.25, -0.2) is 4.98 Å². The Hall–Kier alpha value is -1.13. The maximum absolute atomic E-state index is 8.87. The van der Waals surface area contributed by atoms with Crippen LogP contribution < -0.4 is 10.6 Å². The number of hydrogen-bond acceptors (Lipinski definition) is 4. The number of hydrogen-bond donors (Lipinski definition) is 2. The van der Waals surface area contributed by atoms with Crippen molar-refractivity contribution in [2.24, 2.45) is 5.73 Å². The molecule has 1 aromatic heterocycles. The Labute approximate surface area is 97.1 Å². The number of aromatic nitrogens is 1. The van der Waals surface area contributed by atoms with Gasteiger partial charge in [-0.15, -0.1) is 0 Å². The van der Waals surface area contributed by atoms with Gasteiger partial charge in [0.1, 0.15) is 5.82 Å². The molecule has 0 aromatic carbocycles. The molecule has 0 unspecified atom stereocenters. The molecule has 4 nitrogen and oxygen atoms in total. The van der Waals surface area contributed by atoms with Crippen molar-refractivity contribution in [2.75, 3.05) is 24.6 Å². The van der Waals surface area contributed by atoms with Crippen LogP contribution in [0.2, 0.25) is 0 Å². The molecule has 90 valence electrons. The van der Waals surface area contributed by atoms with Crippen LogP contribution in [0, 0.1) is 6.92 Å². The van der Waals surface area contributed by atoms with Gasteiger partial charge in [0.25, 0.3) is 0 Å². The smallest absolute Gasteiger partial charge is 0.133 e. The van der Waals surface area contributed by atoms with Crippen molar-refractivity contribution in [1.82, 2.24) is 4.98 Å². The Kier molecular flexibility index (Phi) is 5.22. The molecule has 0 saturated carbocycles. The lowest BCUT2D eigenvalue weighted by Gasteiger charge is -2.24. The van der Waals surface area contributed by atoms with E-state index in [-0.39, 0.29) is 6.61 Å². The Balaban J connectivity index is 2.94. The summed E-state index contributed by atoms with van der Waals surface area (Å²) in [4.78, 5) is 6.56. The summed E-state index contributed by atoms with van der Waals surface area (Å²) in [6, 6.07) is 1.98. The van der Waals surface area contributed by atoms with E-state index in [1.54, 1.807) is 0 Å². The lowest BCUT2D eigenvalue weighted by atomic mass is 10.1. The fraction of sp³-hybridized carbons (Fsp3) is 0.583. The van der Waals surface area contributed by atoms with Gasteiger partial charge in [-0.05, 0) is 31.9 Å². The number of aliphatic hydroxyl groups is 1. The zero-order chi connectivity index (χ0) is 12.0. The highest BCUT2D eigenvalue weighted by Gasteiger charge is 2.11. The van der Waals surface area contributed by atoms with Gasteiger partial charge in [0, 0.05) is 38.0 Å². The molecular weight excluding hydrogens is 202 g/mol. The molecule has 0 bridgehead atoms. The summed E-state index contributed by atoms with van der Waals surface area (Å²) in [5.41, 5.74) is 8.03. The molecule has 0 saturated heterocycles. The largest absolute Gasteiger partial charge is 0.396 e. The minimum atomic E-state index is 0.209. The fourth-order valence-electron chi connectivity index (χ4n) is 1.77. The van der Waals surface area contributed by atoms with Crippen LogP contribution in [0.5, 0.6) is 0 Å². The molecule has 1 aromatic rings. The van der Waals surface area contributed by atoms with Crippen molar-refractivity contribution < 1.29 is 5.11 Å². The first kappa shape index (κ1) is 12.9. The summed E-state index contributed by atoms with van der Waals surface area (Å²) < 4.78 is 0. The summed E-state index contributed by atoms with van der Waals surface area (Å²) in [5, 5.41) is 8.87. The van der Waals surface area contributed by atoms with Crippen LogP contribution >= 0.6 is 0 Å². The van der Waals surface area contributed by atoms with Crippen molar-refractivity contribution >= 4 is 5.82 Å². The third-order valence-corrected chi connectivity index (χ3v) is 2.74. The van der Waals surface area contributed by atoms with Gasteiger partial charge in [0.2, 0.25) is 0 Å². The first-order chi connectivity index (χ1) is 7.74. The SMILES string of the molecule is CCN(CCCO)c1nccc(C)c1CN. The van der Waals surface area contributed by atoms with Gasteiger partial charge in [0.15, 0.2) is 0 Å². The first-order valence-corrected chi connectivity index (χ1v) is 5.75. The predicted octanol–water partition coefficient (Wildman–Crippen LogP) is 1.06. The lowest BCUT2D eigenvalue weighted by Crippen LogP contribution is -2.27. The molecule has 0 radical (unpaired) electrons. The van der Waals surface area contributed by atoms with Crippen LogP contribution in [0.3, 0.4) is 0 Å². The number of aryl methyl sites for hydroxylation is 1. The van der Waals surface area contributed by atoms with Crippen LogP contribution in [0.1, 0.15) is 24.5 Å². The fourth-order valence-corrected chi connectivity index (χ4v) is 1.77. The van der Waals surface area contributed by atoms with E-state index in [4.69, 9.17) is 10.8 Å². The molecule has 1 rings (SSSR count). The number of aliphatic hydroxyl groups excluding tert-OH is 1. The average Bonchev–Trinajstić information content (AvgIpc) is 2.30. The highest BCUT2D eigenvalue weighted by atomic mass is 16.3. The first-order valence-electron chi connectivity index (χ1n) is 5.75. The molecular formula is C12H21N3O. The van der Waals surface area contributed by atoms with Gasteiger partial charge in [-0.2, -0.15) is 0 Å². The highest BCUT2D eigenvalue weighted by molar-refractivity contribution is 5.50. The molecule has 0 aliphatic rings. The van der Waals surface area contributed by atoms with Crippen LogP contribution in [0.25, 0.3) is 0 Å². The maximum atomic E-state index is 8.87. The molecule has 1 heterocycles. The Morgan fingerprint density at radius 2 is 2.25 bits per heavy atom. The number of pyridine rings is 1. The van der Waals surface area contributed by atoms with Crippen LogP contribution in [-0.4, -0.2) is 29.8 Å². The zero-order valence-corrected chi connectivity index (χ0v) is 10.1. The highest BCUT2D eigenvalue weighted by Crippen LogP contribution is 2.20. The van der Waals surface area contributed by atoms with Gasteiger partial charge in [-0.1, -0.05) is 0 Å². The van der Waals surface area contributed by atoms with E-state index in [0.717, 1.165) is 30.9 Å². The number of nitrogens with two attached hydrogens (primary N) is 1.